The second-order valence-corrected chi connectivity index (χ2v) is 5.40. The number of rotatable bonds is 3. The number of carbonyl (C=O) groups is 1. The summed E-state index contributed by atoms with van der Waals surface area (Å²) in [5, 5.41) is 3.42. The molecule has 0 saturated heterocycles. The molecule has 0 radical (unpaired) electrons. The van der Waals surface area contributed by atoms with Gasteiger partial charge in [-0.2, -0.15) is 0 Å². The van der Waals surface area contributed by atoms with Gasteiger partial charge in [0.25, 0.3) is 0 Å². The highest BCUT2D eigenvalue weighted by Crippen LogP contribution is 2.35. The van der Waals surface area contributed by atoms with Crippen LogP contribution in [0.2, 0.25) is 5.02 Å². The second-order valence-electron chi connectivity index (χ2n) is 5.00. The summed E-state index contributed by atoms with van der Waals surface area (Å²) in [7, 11) is 0. The van der Waals surface area contributed by atoms with E-state index >= 15 is 0 Å². The lowest BCUT2D eigenvalue weighted by Gasteiger charge is -2.23. The normalized spacial score (nSPS) is 17.9. The molecule has 0 aromatic heterocycles. The molecular weight excluding hydrogens is 248 g/mol. The first kappa shape index (κ1) is 13.4. The molecule has 2 atom stereocenters. The molecule has 2 unspecified atom stereocenters. The highest BCUT2D eigenvalue weighted by atomic mass is 35.5. The number of anilines is 1. The molecular formula is C14H19ClN2O. The van der Waals surface area contributed by atoms with Crippen LogP contribution < -0.4 is 11.1 Å². The standard InChI is InChI=1S/C14H19ClN2O/c1-3-8(2)13(16)10-6-9-4-5-12(18)17-14(9)11(15)7-10/h6-8,13H,3-5,16H2,1-2H3,(H,17,18). The minimum atomic E-state index is -0.00423. The van der Waals surface area contributed by atoms with Gasteiger partial charge in [0.2, 0.25) is 5.91 Å². The summed E-state index contributed by atoms with van der Waals surface area (Å²) < 4.78 is 0. The fourth-order valence-electron chi connectivity index (χ4n) is 2.25. The number of benzene rings is 1. The first-order chi connectivity index (χ1) is 8.52. The van der Waals surface area contributed by atoms with E-state index in [-0.39, 0.29) is 11.9 Å². The monoisotopic (exact) mass is 266 g/mol. The Morgan fingerprint density at radius 2 is 2.17 bits per heavy atom. The highest BCUT2D eigenvalue weighted by molar-refractivity contribution is 6.34. The van der Waals surface area contributed by atoms with Crippen molar-refractivity contribution in [2.24, 2.45) is 11.7 Å². The van der Waals surface area contributed by atoms with Gasteiger partial charge in [0.05, 0.1) is 10.7 Å². The number of aryl methyl sites for hydroxylation is 1. The number of fused-ring (bicyclic) bond motifs is 1. The van der Waals surface area contributed by atoms with Crippen LogP contribution in [0.5, 0.6) is 0 Å². The van der Waals surface area contributed by atoms with Crippen LogP contribution in [0.4, 0.5) is 5.69 Å². The van der Waals surface area contributed by atoms with E-state index in [1.807, 2.05) is 6.07 Å². The van der Waals surface area contributed by atoms with Gasteiger partial charge in [-0.15, -0.1) is 0 Å². The summed E-state index contributed by atoms with van der Waals surface area (Å²) in [5.41, 5.74) is 9.14. The Hall–Kier alpha value is -1.06. The lowest BCUT2D eigenvalue weighted by Crippen LogP contribution is -2.22. The summed E-state index contributed by atoms with van der Waals surface area (Å²) in [6, 6.07) is 3.95. The fraction of sp³-hybridized carbons (Fsp3) is 0.500. The quantitative estimate of drug-likeness (QED) is 0.882. The molecule has 2 rings (SSSR count). The Morgan fingerprint density at radius 1 is 1.44 bits per heavy atom. The van der Waals surface area contributed by atoms with Gasteiger partial charge in [0.15, 0.2) is 0 Å². The molecule has 4 heteroatoms. The third kappa shape index (κ3) is 2.52. The number of hydrogen-bond donors (Lipinski definition) is 2. The number of halogens is 1. The molecule has 1 aliphatic rings. The van der Waals surface area contributed by atoms with Crippen molar-refractivity contribution in [1.29, 1.82) is 0 Å². The van der Waals surface area contributed by atoms with E-state index in [4.69, 9.17) is 17.3 Å². The summed E-state index contributed by atoms with van der Waals surface area (Å²) in [6.45, 7) is 4.27. The van der Waals surface area contributed by atoms with Crippen LogP contribution in [0.25, 0.3) is 0 Å². The highest BCUT2D eigenvalue weighted by Gasteiger charge is 2.21. The van der Waals surface area contributed by atoms with E-state index in [1.165, 1.54) is 0 Å². The molecule has 1 amide bonds. The number of nitrogens with one attached hydrogen (secondary N) is 1. The Morgan fingerprint density at radius 3 is 2.83 bits per heavy atom. The van der Waals surface area contributed by atoms with Crippen LogP contribution in [0.3, 0.4) is 0 Å². The maximum Gasteiger partial charge on any atom is 0.224 e. The van der Waals surface area contributed by atoms with E-state index in [0.29, 0.717) is 17.4 Å². The zero-order chi connectivity index (χ0) is 13.3. The molecule has 0 spiro atoms. The SMILES string of the molecule is CCC(C)C(N)c1cc(Cl)c2c(c1)CCC(=O)N2. The molecule has 3 N–H and O–H groups in total. The van der Waals surface area contributed by atoms with Crippen LogP contribution >= 0.6 is 11.6 Å². The van der Waals surface area contributed by atoms with Gasteiger partial charge in [-0.25, -0.2) is 0 Å². The molecule has 98 valence electrons. The van der Waals surface area contributed by atoms with Gasteiger partial charge < -0.3 is 11.1 Å². The van der Waals surface area contributed by atoms with Crippen molar-refractivity contribution in [2.75, 3.05) is 5.32 Å². The third-order valence-corrected chi connectivity index (χ3v) is 4.02. The van der Waals surface area contributed by atoms with Gasteiger partial charge in [-0.3, -0.25) is 4.79 Å². The fourth-order valence-corrected chi connectivity index (χ4v) is 2.54. The zero-order valence-corrected chi connectivity index (χ0v) is 11.6. The van der Waals surface area contributed by atoms with Gasteiger partial charge in [-0.1, -0.05) is 37.9 Å². The predicted octanol–water partition coefficient (Wildman–Crippen LogP) is 3.27. The number of amides is 1. The summed E-state index contributed by atoms with van der Waals surface area (Å²) in [6.07, 6.45) is 2.29. The number of nitrogens with two attached hydrogens (primary N) is 1. The first-order valence-electron chi connectivity index (χ1n) is 6.40. The van der Waals surface area contributed by atoms with Gasteiger partial charge in [-0.05, 0) is 29.5 Å². The van der Waals surface area contributed by atoms with Crippen molar-refractivity contribution < 1.29 is 4.79 Å². The Labute approximate surface area is 113 Å². The number of hydrogen-bond acceptors (Lipinski definition) is 2. The Bertz CT molecular complexity index is 473. The zero-order valence-electron chi connectivity index (χ0n) is 10.8. The van der Waals surface area contributed by atoms with Crippen LogP contribution in [0.1, 0.15) is 43.9 Å². The Kier molecular flexibility index (Phi) is 3.93. The molecule has 0 saturated carbocycles. The summed E-state index contributed by atoms with van der Waals surface area (Å²) in [4.78, 5) is 11.4. The summed E-state index contributed by atoms with van der Waals surface area (Å²) in [5.74, 6) is 0.445. The van der Waals surface area contributed by atoms with E-state index in [0.717, 1.165) is 29.7 Å². The molecule has 3 nitrogen and oxygen atoms in total. The summed E-state index contributed by atoms with van der Waals surface area (Å²) >= 11 is 6.23. The molecule has 1 aliphatic heterocycles. The maximum atomic E-state index is 11.4. The van der Waals surface area contributed by atoms with E-state index in [1.54, 1.807) is 0 Å². The minimum absolute atomic E-state index is 0.00423. The van der Waals surface area contributed by atoms with Crippen molar-refractivity contribution in [1.82, 2.24) is 0 Å². The molecule has 1 heterocycles. The van der Waals surface area contributed by atoms with E-state index < -0.39 is 0 Å². The van der Waals surface area contributed by atoms with Gasteiger partial charge in [0, 0.05) is 12.5 Å². The number of carbonyl (C=O) groups excluding carboxylic acids is 1. The third-order valence-electron chi connectivity index (χ3n) is 3.72. The van der Waals surface area contributed by atoms with Gasteiger partial charge in [0.1, 0.15) is 0 Å². The largest absolute Gasteiger partial charge is 0.325 e. The maximum absolute atomic E-state index is 11.4. The van der Waals surface area contributed by atoms with Crippen molar-refractivity contribution >= 4 is 23.2 Å². The van der Waals surface area contributed by atoms with Crippen molar-refractivity contribution in [3.05, 3.63) is 28.3 Å². The minimum Gasteiger partial charge on any atom is -0.325 e. The molecule has 0 aliphatic carbocycles. The second kappa shape index (κ2) is 5.29. The van der Waals surface area contributed by atoms with Crippen LogP contribution in [0.15, 0.2) is 12.1 Å². The van der Waals surface area contributed by atoms with E-state index in [2.05, 4.69) is 25.2 Å². The van der Waals surface area contributed by atoms with Crippen molar-refractivity contribution in [3.63, 3.8) is 0 Å². The lowest BCUT2D eigenvalue weighted by molar-refractivity contribution is -0.116. The van der Waals surface area contributed by atoms with E-state index in [9.17, 15) is 4.79 Å². The molecule has 18 heavy (non-hydrogen) atoms. The van der Waals surface area contributed by atoms with Crippen LogP contribution in [0, 0.1) is 5.92 Å². The average molecular weight is 267 g/mol. The van der Waals surface area contributed by atoms with Crippen molar-refractivity contribution in [2.45, 2.75) is 39.2 Å². The Balaban J connectivity index is 2.36. The van der Waals surface area contributed by atoms with Crippen LogP contribution in [-0.4, -0.2) is 5.91 Å². The molecule has 0 bridgehead atoms. The topological polar surface area (TPSA) is 55.1 Å². The van der Waals surface area contributed by atoms with Crippen molar-refractivity contribution in [3.8, 4) is 0 Å². The van der Waals surface area contributed by atoms with Crippen LogP contribution in [-0.2, 0) is 11.2 Å². The molecule has 1 aromatic rings. The smallest absolute Gasteiger partial charge is 0.224 e. The molecule has 1 aromatic carbocycles. The predicted molar refractivity (Wildman–Crippen MR) is 74.8 cm³/mol. The first-order valence-corrected chi connectivity index (χ1v) is 6.78. The average Bonchev–Trinajstić information content (AvgIpc) is 2.37. The van der Waals surface area contributed by atoms with Gasteiger partial charge >= 0.3 is 0 Å². The molecule has 0 fully saturated rings. The lowest BCUT2D eigenvalue weighted by atomic mass is 9.90.